The van der Waals surface area contributed by atoms with E-state index in [9.17, 15) is 0 Å². The minimum Gasteiger partial charge on any atom is -0.363 e. The summed E-state index contributed by atoms with van der Waals surface area (Å²) in [5, 5.41) is 0. The van der Waals surface area contributed by atoms with Gasteiger partial charge in [-0.15, -0.1) is 0 Å². The Labute approximate surface area is 86.9 Å². The van der Waals surface area contributed by atoms with Crippen molar-refractivity contribution in [3.8, 4) is 0 Å². The van der Waals surface area contributed by atoms with Gasteiger partial charge in [0.05, 0.1) is 13.2 Å². The van der Waals surface area contributed by atoms with Gasteiger partial charge in [0.15, 0.2) is 11.2 Å². The van der Waals surface area contributed by atoms with Crippen molar-refractivity contribution in [3.63, 3.8) is 0 Å². The van der Waals surface area contributed by atoms with Gasteiger partial charge in [0, 0.05) is 0 Å². The van der Waals surface area contributed by atoms with E-state index in [1.54, 1.807) is 0 Å². The maximum absolute atomic E-state index is 6.05. The van der Waals surface area contributed by atoms with Crippen LogP contribution in [0.1, 0.15) is 23.3 Å². The lowest BCUT2D eigenvalue weighted by Crippen LogP contribution is -2.38. The fourth-order valence-electron chi connectivity index (χ4n) is 3.38. The van der Waals surface area contributed by atoms with Gasteiger partial charge in [-0.1, -0.05) is 24.3 Å². The Morgan fingerprint density at radius 1 is 0.933 bits per heavy atom. The minimum atomic E-state index is -0.133. The largest absolute Gasteiger partial charge is 0.363 e. The van der Waals surface area contributed by atoms with E-state index in [1.807, 2.05) is 0 Å². The second-order valence-electron chi connectivity index (χ2n) is 4.88. The Balaban J connectivity index is 1.82. The van der Waals surface area contributed by atoms with E-state index in [1.165, 1.54) is 11.1 Å². The van der Waals surface area contributed by atoms with Crippen LogP contribution in [0.5, 0.6) is 0 Å². The SMILES string of the molecule is c1ccc2c(c1)[C@H]1O[C@@H]2[C@@]2(CO2)[C@@]12CO2. The van der Waals surface area contributed by atoms with Crippen LogP contribution in [-0.4, -0.2) is 24.4 Å². The molecule has 4 heterocycles. The quantitative estimate of drug-likeness (QED) is 0.595. The van der Waals surface area contributed by atoms with E-state index >= 15 is 0 Å². The highest BCUT2D eigenvalue weighted by Gasteiger charge is 2.84. The van der Waals surface area contributed by atoms with Gasteiger partial charge in [-0.05, 0) is 11.1 Å². The standard InChI is InChI=1S/C12H10O3/c1-2-4-8-7(3-1)9-11(5-13-11)12(6-14-12)10(8)15-9/h1-4,9-10H,5-6H2/t9-,10+,11-,12+. The average molecular weight is 202 g/mol. The van der Waals surface area contributed by atoms with Crippen LogP contribution >= 0.6 is 0 Å². The third kappa shape index (κ3) is 0.572. The van der Waals surface area contributed by atoms with Crippen LogP contribution in [0.2, 0.25) is 0 Å². The minimum absolute atomic E-state index is 0.112. The molecule has 4 aliphatic rings. The zero-order valence-electron chi connectivity index (χ0n) is 8.10. The van der Waals surface area contributed by atoms with Crippen molar-refractivity contribution in [2.45, 2.75) is 23.4 Å². The van der Waals surface area contributed by atoms with Crippen LogP contribution in [0.15, 0.2) is 24.3 Å². The van der Waals surface area contributed by atoms with Crippen molar-refractivity contribution in [2.24, 2.45) is 0 Å². The summed E-state index contributed by atoms with van der Waals surface area (Å²) in [7, 11) is 0. The first-order valence-electron chi connectivity index (χ1n) is 5.40. The van der Waals surface area contributed by atoms with Gasteiger partial charge in [0.25, 0.3) is 0 Å². The summed E-state index contributed by atoms with van der Waals surface area (Å²) in [6.45, 7) is 1.59. The van der Waals surface area contributed by atoms with E-state index in [2.05, 4.69) is 24.3 Å². The van der Waals surface area contributed by atoms with Gasteiger partial charge < -0.3 is 14.2 Å². The van der Waals surface area contributed by atoms with Gasteiger partial charge in [0.2, 0.25) is 0 Å². The number of hydrogen-bond donors (Lipinski definition) is 0. The lowest BCUT2D eigenvalue weighted by Gasteiger charge is -2.23. The fourth-order valence-corrected chi connectivity index (χ4v) is 3.38. The van der Waals surface area contributed by atoms with Crippen LogP contribution in [-0.2, 0) is 14.2 Å². The molecule has 3 nitrogen and oxygen atoms in total. The molecule has 2 spiro atoms. The summed E-state index contributed by atoms with van der Waals surface area (Å²) in [5.74, 6) is 0. The second-order valence-corrected chi connectivity index (χ2v) is 4.88. The van der Waals surface area contributed by atoms with Crippen LogP contribution in [0.25, 0.3) is 0 Å². The highest BCUT2D eigenvalue weighted by atomic mass is 16.7. The van der Waals surface area contributed by atoms with E-state index in [4.69, 9.17) is 14.2 Å². The lowest BCUT2D eigenvalue weighted by atomic mass is 9.76. The molecule has 76 valence electrons. The Morgan fingerprint density at radius 2 is 1.40 bits per heavy atom. The Bertz CT molecular complexity index is 431. The number of rotatable bonds is 0. The number of fused-ring (bicyclic) bond motifs is 8. The predicted molar refractivity (Wildman–Crippen MR) is 50.4 cm³/mol. The fraction of sp³-hybridized carbons (Fsp3) is 0.500. The normalized spacial score (nSPS) is 52.5. The summed E-state index contributed by atoms with van der Waals surface area (Å²) in [4.78, 5) is 0. The molecule has 1 aromatic rings. The molecule has 0 amide bonds. The third-order valence-electron chi connectivity index (χ3n) is 4.31. The molecule has 2 bridgehead atoms. The molecule has 0 radical (unpaired) electrons. The average Bonchev–Trinajstić information content (AvgIpc) is 3.13. The summed E-state index contributed by atoms with van der Waals surface area (Å²) >= 11 is 0. The molecular weight excluding hydrogens is 192 g/mol. The van der Waals surface area contributed by atoms with E-state index in [-0.39, 0.29) is 23.4 Å². The zero-order valence-corrected chi connectivity index (χ0v) is 8.10. The summed E-state index contributed by atoms with van der Waals surface area (Å²) in [6.07, 6.45) is 0.224. The molecule has 0 saturated carbocycles. The molecule has 0 unspecified atom stereocenters. The molecule has 3 heteroatoms. The summed E-state index contributed by atoms with van der Waals surface area (Å²) in [6, 6.07) is 8.44. The molecule has 15 heavy (non-hydrogen) atoms. The van der Waals surface area contributed by atoms with E-state index in [0.717, 1.165) is 13.2 Å². The molecule has 5 rings (SSSR count). The van der Waals surface area contributed by atoms with Crippen molar-refractivity contribution < 1.29 is 14.2 Å². The Kier molecular flexibility index (Phi) is 0.917. The van der Waals surface area contributed by atoms with Crippen LogP contribution in [0, 0.1) is 0 Å². The van der Waals surface area contributed by atoms with Crippen LogP contribution in [0.3, 0.4) is 0 Å². The molecule has 3 saturated heterocycles. The van der Waals surface area contributed by atoms with Gasteiger partial charge in [-0.25, -0.2) is 0 Å². The van der Waals surface area contributed by atoms with E-state index in [0.29, 0.717) is 0 Å². The number of hydrogen-bond acceptors (Lipinski definition) is 3. The Hall–Kier alpha value is -0.900. The first-order chi connectivity index (χ1) is 7.37. The first-order valence-corrected chi connectivity index (χ1v) is 5.40. The maximum Gasteiger partial charge on any atom is 0.156 e. The van der Waals surface area contributed by atoms with Crippen molar-refractivity contribution in [1.29, 1.82) is 0 Å². The molecule has 4 aliphatic heterocycles. The summed E-state index contributed by atoms with van der Waals surface area (Å²) < 4.78 is 17.4. The smallest absolute Gasteiger partial charge is 0.156 e. The highest BCUT2D eigenvalue weighted by molar-refractivity contribution is 5.49. The summed E-state index contributed by atoms with van der Waals surface area (Å²) in [5.41, 5.74) is 2.35. The van der Waals surface area contributed by atoms with Gasteiger partial charge in [-0.3, -0.25) is 0 Å². The van der Waals surface area contributed by atoms with Crippen molar-refractivity contribution in [2.75, 3.05) is 13.2 Å². The molecule has 0 N–H and O–H groups in total. The maximum atomic E-state index is 6.05. The van der Waals surface area contributed by atoms with E-state index < -0.39 is 0 Å². The molecule has 0 aliphatic carbocycles. The first kappa shape index (κ1) is 7.39. The van der Waals surface area contributed by atoms with Crippen molar-refractivity contribution in [3.05, 3.63) is 35.4 Å². The third-order valence-corrected chi connectivity index (χ3v) is 4.31. The zero-order chi connectivity index (χ0) is 9.67. The van der Waals surface area contributed by atoms with Crippen molar-refractivity contribution >= 4 is 0 Å². The lowest BCUT2D eigenvalue weighted by molar-refractivity contribution is 0.0460. The predicted octanol–water partition coefficient (Wildman–Crippen LogP) is 1.35. The van der Waals surface area contributed by atoms with Gasteiger partial charge in [-0.2, -0.15) is 0 Å². The van der Waals surface area contributed by atoms with Gasteiger partial charge in [0.1, 0.15) is 12.2 Å². The molecule has 4 atom stereocenters. The number of ether oxygens (including phenoxy) is 3. The highest BCUT2D eigenvalue weighted by Crippen LogP contribution is 2.72. The molecule has 3 fully saturated rings. The van der Waals surface area contributed by atoms with Gasteiger partial charge >= 0.3 is 0 Å². The van der Waals surface area contributed by atoms with Crippen molar-refractivity contribution in [1.82, 2.24) is 0 Å². The Morgan fingerprint density at radius 3 is 1.80 bits per heavy atom. The molecule has 1 aromatic carbocycles. The van der Waals surface area contributed by atoms with Crippen LogP contribution in [0.4, 0.5) is 0 Å². The molecule has 0 aromatic heterocycles. The van der Waals surface area contributed by atoms with Crippen LogP contribution < -0.4 is 0 Å². The number of benzene rings is 1. The second kappa shape index (κ2) is 1.86. The number of epoxide rings is 2. The topological polar surface area (TPSA) is 34.3 Å². The molecular formula is C12H10O3. The monoisotopic (exact) mass is 202 g/mol.